The third-order valence-electron chi connectivity index (χ3n) is 5.29. The van der Waals surface area contributed by atoms with Crippen LogP contribution in [0.2, 0.25) is 0 Å². The van der Waals surface area contributed by atoms with Crippen molar-refractivity contribution >= 4 is 23.3 Å². The van der Waals surface area contributed by atoms with E-state index in [0.717, 1.165) is 25.7 Å². The first kappa shape index (κ1) is 17.8. The minimum absolute atomic E-state index is 0.0817. The number of aromatic nitrogens is 1. The van der Waals surface area contributed by atoms with Crippen LogP contribution in [0.25, 0.3) is 0 Å². The van der Waals surface area contributed by atoms with Gasteiger partial charge in [-0.15, -0.1) is 11.6 Å². The van der Waals surface area contributed by atoms with Gasteiger partial charge in [0.2, 0.25) is 11.8 Å². The molecule has 6 nitrogen and oxygen atoms in total. The van der Waals surface area contributed by atoms with Crippen molar-refractivity contribution in [3.8, 4) is 11.9 Å². The maximum Gasteiger partial charge on any atom is 0.233 e. The molecule has 4 unspecified atom stereocenters. The second-order valence-corrected chi connectivity index (χ2v) is 7.54. The average molecular weight is 363 g/mol. The molecule has 1 aromatic rings. The highest BCUT2D eigenvalue weighted by Gasteiger charge is 2.41. The first-order valence-electron chi connectivity index (χ1n) is 8.68. The molecule has 2 heterocycles. The molecule has 1 saturated carbocycles. The van der Waals surface area contributed by atoms with E-state index >= 15 is 0 Å². The lowest BCUT2D eigenvalue weighted by Gasteiger charge is -2.42. The zero-order valence-corrected chi connectivity index (χ0v) is 15.2. The number of nitrogens with one attached hydrogen (secondary N) is 2. The molecule has 0 radical (unpaired) electrons. The number of rotatable bonds is 4. The van der Waals surface area contributed by atoms with E-state index in [9.17, 15) is 4.79 Å². The minimum Gasteiger partial charge on any atom is -0.480 e. The normalized spacial score (nSPS) is 29.8. The van der Waals surface area contributed by atoms with Crippen LogP contribution in [0.5, 0.6) is 5.88 Å². The van der Waals surface area contributed by atoms with Crippen molar-refractivity contribution in [2.45, 2.75) is 50.1 Å². The van der Waals surface area contributed by atoms with Gasteiger partial charge in [0.05, 0.1) is 13.0 Å². The van der Waals surface area contributed by atoms with E-state index in [1.165, 1.54) is 7.11 Å². The molecule has 1 aliphatic heterocycles. The summed E-state index contributed by atoms with van der Waals surface area (Å²) in [6.45, 7) is 1.98. The van der Waals surface area contributed by atoms with Crippen LogP contribution in [-0.2, 0) is 4.79 Å². The molecule has 1 aliphatic carbocycles. The van der Waals surface area contributed by atoms with E-state index in [0.29, 0.717) is 17.3 Å². The Morgan fingerprint density at radius 1 is 1.44 bits per heavy atom. The van der Waals surface area contributed by atoms with E-state index in [4.69, 9.17) is 21.6 Å². The number of fused-ring (bicyclic) bond motifs is 1. The summed E-state index contributed by atoms with van der Waals surface area (Å²) in [6, 6.07) is 5.62. The van der Waals surface area contributed by atoms with Crippen molar-refractivity contribution in [2.24, 2.45) is 11.8 Å². The largest absolute Gasteiger partial charge is 0.480 e. The number of ether oxygens (including phenoxy) is 1. The Kier molecular flexibility index (Phi) is 5.33. The molecule has 0 spiro atoms. The SMILES string of the molecule is COc1nc(N[C@@H](C)C2CC3CC(Cl)CCC3NC2=O)ccc1C#N. The molecule has 1 aromatic heterocycles. The number of nitrogens with zero attached hydrogens (tertiary/aromatic N) is 2. The Bertz CT molecular complexity index is 690. The Morgan fingerprint density at radius 3 is 2.96 bits per heavy atom. The van der Waals surface area contributed by atoms with E-state index in [1.807, 2.05) is 13.0 Å². The van der Waals surface area contributed by atoms with Crippen molar-refractivity contribution in [1.29, 1.82) is 5.26 Å². The van der Waals surface area contributed by atoms with E-state index in [1.54, 1.807) is 12.1 Å². The number of carbonyl (C=O) groups excluding carboxylic acids is 1. The molecule has 134 valence electrons. The third-order valence-corrected chi connectivity index (χ3v) is 5.69. The monoisotopic (exact) mass is 362 g/mol. The highest BCUT2D eigenvalue weighted by atomic mass is 35.5. The van der Waals surface area contributed by atoms with Gasteiger partial charge < -0.3 is 15.4 Å². The molecule has 0 bridgehead atoms. The van der Waals surface area contributed by atoms with Crippen molar-refractivity contribution in [3.63, 3.8) is 0 Å². The van der Waals surface area contributed by atoms with Crippen molar-refractivity contribution < 1.29 is 9.53 Å². The number of carbonyl (C=O) groups is 1. The van der Waals surface area contributed by atoms with Crippen LogP contribution in [0.15, 0.2) is 12.1 Å². The first-order valence-corrected chi connectivity index (χ1v) is 9.11. The Balaban J connectivity index is 1.69. The molecule has 7 heteroatoms. The minimum atomic E-state index is -0.133. The summed E-state index contributed by atoms with van der Waals surface area (Å²) in [6.07, 6.45) is 3.73. The molecule has 1 saturated heterocycles. The molecule has 2 N–H and O–H groups in total. The van der Waals surface area contributed by atoms with Crippen molar-refractivity contribution in [1.82, 2.24) is 10.3 Å². The Morgan fingerprint density at radius 2 is 2.24 bits per heavy atom. The summed E-state index contributed by atoms with van der Waals surface area (Å²) in [5, 5.41) is 15.7. The van der Waals surface area contributed by atoms with Gasteiger partial charge in [-0.25, -0.2) is 0 Å². The number of alkyl halides is 1. The van der Waals surface area contributed by atoms with Gasteiger partial charge in [0.1, 0.15) is 17.5 Å². The third kappa shape index (κ3) is 3.82. The topological polar surface area (TPSA) is 87.0 Å². The second-order valence-electron chi connectivity index (χ2n) is 6.93. The van der Waals surface area contributed by atoms with Crippen molar-refractivity contribution in [2.75, 3.05) is 12.4 Å². The second kappa shape index (κ2) is 7.49. The number of nitriles is 1. The van der Waals surface area contributed by atoms with Crippen LogP contribution < -0.4 is 15.4 Å². The summed E-state index contributed by atoms with van der Waals surface area (Å²) in [7, 11) is 1.48. The highest BCUT2D eigenvalue weighted by molar-refractivity contribution is 6.20. The van der Waals surface area contributed by atoms with Gasteiger partial charge in [-0.3, -0.25) is 4.79 Å². The fourth-order valence-electron chi connectivity index (χ4n) is 3.91. The van der Waals surface area contributed by atoms with Crippen LogP contribution in [0.3, 0.4) is 0 Å². The zero-order valence-electron chi connectivity index (χ0n) is 14.5. The molecule has 0 aromatic carbocycles. The van der Waals surface area contributed by atoms with Gasteiger partial charge in [-0.2, -0.15) is 10.2 Å². The lowest BCUT2D eigenvalue weighted by molar-refractivity contribution is -0.130. The summed E-state index contributed by atoms with van der Waals surface area (Å²) in [5.41, 5.74) is 0.384. The maximum atomic E-state index is 12.5. The van der Waals surface area contributed by atoms with E-state index < -0.39 is 0 Å². The van der Waals surface area contributed by atoms with Gasteiger partial charge >= 0.3 is 0 Å². The lowest BCUT2D eigenvalue weighted by atomic mass is 9.74. The van der Waals surface area contributed by atoms with Gasteiger partial charge in [-0.05, 0) is 50.7 Å². The fraction of sp³-hybridized carbons (Fsp3) is 0.611. The smallest absolute Gasteiger partial charge is 0.233 e. The summed E-state index contributed by atoms with van der Waals surface area (Å²) in [4.78, 5) is 16.8. The quantitative estimate of drug-likeness (QED) is 0.804. The molecular weight excluding hydrogens is 340 g/mol. The molecule has 5 atom stereocenters. The number of anilines is 1. The summed E-state index contributed by atoms with van der Waals surface area (Å²) < 4.78 is 5.14. The number of hydrogen-bond donors (Lipinski definition) is 2. The van der Waals surface area contributed by atoms with E-state index in [2.05, 4.69) is 15.6 Å². The number of piperidine rings is 1. The van der Waals surface area contributed by atoms with Crippen LogP contribution in [0.1, 0.15) is 38.2 Å². The molecular formula is C18H23ClN4O2. The molecule has 3 rings (SSSR count). The molecule has 1 amide bonds. The standard InChI is InChI=1S/C18H23ClN4O2/c1-10(21-16-6-3-11(9-20)18(23-16)25-2)14-8-12-7-13(19)4-5-15(12)22-17(14)24/h3,6,10,12-15H,4-5,7-8H2,1-2H3,(H,21,23)(H,22,24)/t10-,12?,13?,14?,15?/m0/s1. The predicted molar refractivity (Wildman–Crippen MR) is 95.6 cm³/mol. The Hall–Kier alpha value is -2.00. The van der Waals surface area contributed by atoms with Gasteiger partial charge in [-0.1, -0.05) is 0 Å². The lowest BCUT2D eigenvalue weighted by Crippen LogP contribution is -2.55. The average Bonchev–Trinajstić information content (AvgIpc) is 2.61. The number of amides is 1. The van der Waals surface area contributed by atoms with Crippen LogP contribution in [0.4, 0.5) is 5.82 Å². The van der Waals surface area contributed by atoms with Crippen LogP contribution >= 0.6 is 11.6 Å². The number of hydrogen-bond acceptors (Lipinski definition) is 5. The first-order chi connectivity index (χ1) is 12.0. The maximum absolute atomic E-state index is 12.5. The summed E-state index contributed by atoms with van der Waals surface area (Å²) in [5.74, 6) is 1.27. The summed E-state index contributed by atoms with van der Waals surface area (Å²) >= 11 is 6.31. The van der Waals surface area contributed by atoms with Crippen LogP contribution in [-0.4, -0.2) is 35.5 Å². The van der Waals surface area contributed by atoms with E-state index in [-0.39, 0.29) is 35.2 Å². The molecule has 25 heavy (non-hydrogen) atoms. The zero-order chi connectivity index (χ0) is 18.0. The predicted octanol–water partition coefficient (Wildman–Crippen LogP) is 2.67. The van der Waals surface area contributed by atoms with Crippen LogP contribution in [0, 0.1) is 23.2 Å². The highest BCUT2D eigenvalue weighted by Crippen LogP contribution is 2.37. The fourth-order valence-corrected chi connectivity index (χ4v) is 4.26. The number of pyridine rings is 1. The molecule has 2 aliphatic rings. The number of halogens is 1. The van der Waals surface area contributed by atoms with Crippen molar-refractivity contribution in [3.05, 3.63) is 17.7 Å². The van der Waals surface area contributed by atoms with Gasteiger partial charge in [0.25, 0.3) is 0 Å². The number of methoxy groups -OCH3 is 1. The van der Waals surface area contributed by atoms with Gasteiger partial charge in [0.15, 0.2) is 0 Å². The molecule has 2 fully saturated rings. The Labute approximate surface area is 152 Å². The van der Waals surface area contributed by atoms with Gasteiger partial charge in [0, 0.05) is 17.5 Å².